The SMILES string of the molecule is CC(C)C(C)(N)C(=O)NC[C@@H]1CC[C@@H](C)C[C@]1(N)C(=O)O. The first-order chi connectivity index (χ1) is 9.51. The molecule has 6 heteroatoms. The second-order valence-electron chi connectivity index (χ2n) is 7.08. The van der Waals surface area contributed by atoms with E-state index in [4.69, 9.17) is 11.5 Å². The predicted octanol–water partition coefficient (Wildman–Crippen LogP) is 0.694. The van der Waals surface area contributed by atoms with Gasteiger partial charge in [-0.15, -0.1) is 0 Å². The van der Waals surface area contributed by atoms with Gasteiger partial charge in [-0.25, -0.2) is 0 Å². The Hall–Kier alpha value is -1.14. The van der Waals surface area contributed by atoms with Crippen molar-refractivity contribution in [2.24, 2.45) is 29.2 Å². The Morgan fingerprint density at radius 3 is 2.48 bits per heavy atom. The summed E-state index contributed by atoms with van der Waals surface area (Å²) in [6, 6.07) is 0. The molecule has 1 saturated carbocycles. The van der Waals surface area contributed by atoms with Crippen molar-refractivity contribution in [1.29, 1.82) is 0 Å². The second kappa shape index (κ2) is 6.32. The van der Waals surface area contributed by atoms with Crippen LogP contribution in [0.2, 0.25) is 0 Å². The molecule has 0 aromatic carbocycles. The van der Waals surface area contributed by atoms with Crippen molar-refractivity contribution in [1.82, 2.24) is 5.32 Å². The molecule has 0 radical (unpaired) electrons. The van der Waals surface area contributed by atoms with Crippen LogP contribution in [0.5, 0.6) is 0 Å². The lowest BCUT2D eigenvalue weighted by atomic mass is 9.69. The number of aliphatic carboxylic acids is 1. The van der Waals surface area contributed by atoms with E-state index in [-0.39, 0.29) is 30.2 Å². The molecule has 122 valence electrons. The van der Waals surface area contributed by atoms with Crippen molar-refractivity contribution in [2.75, 3.05) is 6.54 Å². The van der Waals surface area contributed by atoms with Crippen LogP contribution in [0.4, 0.5) is 0 Å². The van der Waals surface area contributed by atoms with E-state index < -0.39 is 17.0 Å². The zero-order valence-corrected chi connectivity index (χ0v) is 13.5. The van der Waals surface area contributed by atoms with Crippen LogP contribution in [0.1, 0.15) is 47.0 Å². The third-order valence-electron chi connectivity index (χ3n) is 5.02. The standard InChI is InChI=1S/C15H29N3O3/c1-9(2)14(4,16)12(19)18-8-11-6-5-10(3)7-15(11,17)13(20)21/h9-11H,5-8,16-17H2,1-4H3,(H,18,19)(H,20,21)/t10-,11+,14?,15-/m1/s1. The number of amides is 1. The second-order valence-corrected chi connectivity index (χ2v) is 7.08. The lowest BCUT2D eigenvalue weighted by molar-refractivity contribution is -0.148. The maximum absolute atomic E-state index is 12.2. The molecular weight excluding hydrogens is 270 g/mol. The van der Waals surface area contributed by atoms with Crippen molar-refractivity contribution in [2.45, 2.75) is 58.0 Å². The molecule has 0 heterocycles. The molecule has 0 spiro atoms. The normalized spacial score (nSPS) is 32.5. The Morgan fingerprint density at radius 2 is 2.00 bits per heavy atom. The highest BCUT2D eigenvalue weighted by atomic mass is 16.4. The summed E-state index contributed by atoms with van der Waals surface area (Å²) in [5.41, 5.74) is 9.88. The number of nitrogens with one attached hydrogen (secondary N) is 1. The largest absolute Gasteiger partial charge is 0.480 e. The van der Waals surface area contributed by atoms with E-state index >= 15 is 0 Å². The van der Waals surface area contributed by atoms with Crippen molar-refractivity contribution in [3.63, 3.8) is 0 Å². The predicted molar refractivity (Wildman–Crippen MR) is 81.5 cm³/mol. The average Bonchev–Trinajstić information content (AvgIpc) is 2.36. The maximum atomic E-state index is 12.2. The summed E-state index contributed by atoms with van der Waals surface area (Å²) in [4.78, 5) is 23.7. The minimum atomic E-state index is -1.27. The van der Waals surface area contributed by atoms with E-state index in [2.05, 4.69) is 5.32 Å². The van der Waals surface area contributed by atoms with Gasteiger partial charge in [0, 0.05) is 12.5 Å². The average molecular weight is 299 g/mol. The minimum absolute atomic E-state index is 0.00835. The Balaban J connectivity index is 2.73. The van der Waals surface area contributed by atoms with Crippen LogP contribution in [-0.4, -0.2) is 34.6 Å². The van der Waals surface area contributed by atoms with Crippen LogP contribution in [0, 0.1) is 17.8 Å². The van der Waals surface area contributed by atoms with Gasteiger partial charge in [-0.3, -0.25) is 9.59 Å². The van der Waals surface area contributed by atoms with Crippen LogP contribution in [-0.2, 0) is 9.59 Å². The van der Waals surface area contributed by atoms with E-state index in [0.717, 1.165) is 6.42 Å². The van der Waals surface area contributed by atoms with Gasteiger partial charge in [0.2, 0.25) is 5.91 Å². The molecule has 0 aromatic heterocycles. The molecule has 6 nitrogen and oxygen atoms in total. The van der Waals surface area contributed by atoms with E-state index in [1.807, 2.05) is 20.8 Å². The molecule has 6 N–H and O–H groups in total. The molecule has 1 unspecified atom stereocenters. The van der Waals surface area contributed by atoms with E-state index in [1.165, 1.54) is 0 Å². The lowest BCUT2D eigenvalue weighted by Crippen LogP contribution is -2.62. The van der Waals surface area contributed by atoms with Crippen LogP contribution < -0.4 is 16.8 Å². The minimum Gasteiger partial charge on any atom is -0.480 e. The zero-order valence-electron chi connectivity index (χ0n) is 13.5. The Kier molecular flexibility index (Phi) is 5.39. The smallest absolute Gasteiger partial charge is 0.324 e. The van der Waals surface area contributed by atoms with Crippen molar-refractivity contribution < 1.29 is 14.7 Å². The number of nitrogens with two attached hydrogens (primary N) is 2. The summed E-state index contributed by atoms with van der Waals surface area (Å²) in [6.07, 6.45) is 2.07. The van der Waals surface area contributed by atoms with Gasteiger partial charge in [-0.2, -0.15) is 0 Å². The van der Waals surface area contributed by atoms with Gasteiger partial charge in [0.1, 0.15) is 5.54 Å². The molecule has 0 aromatic rings. The molecule has 1 aliphatic rings. The molecule has 0 bridgehead atoms. The first kappa shape index (κ1) is 17.9. The molecule has 1 aliphatic carbocycles. The van der Waals surface area contributed by atoms with E-state index in [9.17, 15) is 14.7 Å². The third-order valence-corrected chi connectivity index (χ3v) is 5.02. The van der Waals surface area contributed by atoms with Crippen molar-refractivity contribution >= 4 is 11.9 Å². The Labute approximate surface area is 126 Å². The van der Waals surface area contributed by atoms with Gasteiger partial charge in [-0.1, -0.05) is 27.2 Å². The Bertz CT molecular complexity index is 409. The van der Waals surface area contributed by atoms with Gasteiger partial charge in [0.25, 0.3) is 0 Å². The van der Waals surface area contributed by atoms with Gasteiger partial charge >= 0.3 is 5.97 Å². The van der Waals surface area contributed by atoms with Gasteiger partial charge in [-0.05, 0) is 31.6 Å². The zero-order chi connectivity index (χ0) is 16.4. The summed E-state index contributed by atoms with van der Waals surface area (Å²) in [7, 11) is 0. The van der Waals surface area contributed by atoms with Gasteiger partial charge in [0.15, 0.2) is 0 Å². The summed E-state index contributed by atoms with van der Waals surface area (Å²) in [5, 5.41) is 12.2. The summed E-state index contributed by atoms with van der Waals surface area (Å²) in [6.45, 7) is 7.71. The third kappa shape index (κ3) is 3.74. The molecule has 1 amide bonds. The Morgan fingerprint density at radius 1 is 1.43 bits per heavy atom. The number of carbonyl (C=O) groups excluding carboxylic acids is 1. The molecular formula is C15H29N3O3. The van der Waals surface area contributed by atoms with Crippen LogP contribution in [0.15, 0.2) is 0 Å². The molecule has 4 atom stereocenters. The van der Waals surface area contributed by atoms with E-state index in [1.54, 1.807) is 6.92 Å². The number of hydrogen-bond donors (Lipinski definition) is 4. The van der Waals surface area contributed by atoms with Crippen LogP contribution >= 0.6 is 0 Å². The maximum Gasteiger partial charge on any atom is 0.324 e. The van der Waals surface area contributed by atoms with Crippen molar-refractivity contribution in [3.8, 4) is 0 Å². The van der Waals surface area contributed by atoms with Gasteiger partial charge < -0.3 is 21.9 Å². The highest BCUT2D eigenvalue weighted by Gasteiger charge is 2.46. The highest BCUT2D eigenvalue weighted by Crippen LogP contribution is 2.35. The molecule has 1 fully saturated rings. The number of carbonyl (C=O) groups is 2. The van der Waals surface area contributed by atoms with Crippen molar-refractivity contribution in [3.05, 3.63) is 0 Å². The highest BCUT2D eigenvalue weighted by molar-refractivity contribution is 5.86. The lowest BCUT2D eigenvalue weighted by Gasteiger charge is -2.41. The van der Waals surface area contributed by atoms with Crippen LogP contribution in [0.3, 0.4) is 0 Å². The fourth-order valence-electron chi connectivity index (χ4n) is 2.80. The van der Waals surface area contributed by atoms with Crippen LogP contribution in [0.25, 0.3) is 0 Å². The molecule has 1 rings (SSSR count). The fourth-order valence-corrected chi connectivity index (χ4v) is 2.80. The fraction of sp³-hybridized carbons (Fsp3) is 0.867. The summed E-state index contributed by atoms with van der Waals surface area (Å²) >= 11 is 0. The van der Waals surface area contributed by atoms with E-state index in [0.29, 0.717) is 12.8 Å². The summed E-state index contributed by atoms with van der Waals surface area (Å²) in [5.74, 6) is -1.24. The van der Waals surface area contributed by atoms with Gasteiger partial charge in [0.05, 0.1) is 5.54 Å². The summed E-state index contributed by atoms with van der Waals surface area (Å²) < 4.78 is 0. The molecule has 21 heavy (non-hydrogen) atoms. The first-order valence-electron chi connectivity index (χ1n) is 7.61. The number of hydrogen-bond acceptors (Lipinski definition) is 4. The topological polar surface area (TPSA) is 118 Å². The number of rotatable bonds is 5. The molecule has 0 saturated heterocycles. The first-order valence-corrected chi connectivity index (χ1v) is 7.61. The monoisotopic (exact) mass is 299 g/mol. The number of carboxylic acid groups (broad SMARTS) is 1. The number of carboxylic acids is 1. The quantitative estimate of drug-likeness (QED) is 0.596. The molecule has 0 aliphatic heterocycles.